The fraction of sp³-hybridized carbons (Fsp3) is 0.250. The molecule has 3 heteroatoms. The van der Waals surface area contributed by atoms with Gasteiger partial charge in [-0.2, -0.15) is 0 Å². The van der Waals surface area contributed by atoms with Gasteiger partial charge in [-0.05, 0) is 24.1 Å². The number of aromatic hydroxyl groups is 1. The molecule has 0 atom stereocenters. The molecule has 0 amide bonds. The summed E-state index contributed by atoms with van der Waals surface area (Å²) in [5, 5.41) is 9.10. The van der Waals surface area contributed by atoms with E-state index in [1.54, 1.807) is 6.07 Å². The summed E-state index contributed by atoms with van der Waals surface area (Å²) in [7, 11) is 0. The van der Waals surface area contributed by atoms with Crippen LogP contribution >= 0.6 is 17.0 Å². The second-order valence-corrected chi connectivity index (χ2v) is 2.32. The van der Waals surface area contributed by atoms with Crippen molar-refractivity contribution < 1.29 is 5.11 Å². The zero-order valence-corrected chi connectivity index (χ0v) is 8.09. The lowest BCUT2D eigenvalue weighted by Gasteiger charge is -1.99. The summed E-state index contributed by atoms with van der Waals surface area (Å²) in [5.74, 6) is 0.331. The highest BCUT2D eigenvalue weighted by Gasteiger charge is 1.94. The molecule has 0 heterocycles. The van der Waals surface area contributed by atoms with Crippen LogP contribution in [0.2, 0.25) is 0 Å². The molecule has 0 aromatic heterocycles. The Bertz CT molecular complexity index is 238. The van der Waals surface area contributed by atoms with Crippen molar-refractivity contribution in [2.75, 3.05) is 0 Å². The maximum absolute atomic E-state index is 9.10. The second-order valence-electron chi connectivity index (χ2n) is 2.32. The average Bonchev–Trinajstić information content (AvgIpc) is 1.95. The van der Waals surface area contributed by atoms with Gasteiger partial charge in [0.05, 0.1) is 0 Å². The van der Waals surface area contributed by atoms with Gasteiger partial charge in [0.15, 0.2) is 0 Å². The van der Waals surface area contributed by atoms with E-state index in [0.29, 0.717) is 12.3 Å². The molecule has 0 aliphatic heterocycles. The van der Waals surface area contributed by atoms with Gasteiger partial charge in [-0.1, -0.05) is 12.1 Å². The van der Waals surface area contributed by atoms with Crippen LogP contribution in [0.15, 0.2) is 18.2 Å². The van der Waals surface area contributed by atoms with E-state index in [-0.39, 0.29) is 17.0 Å². The van der Waals surface area contributed by atoms with Crippen LogP contribution in [0.3, 0.4) is 0 Å². The summed E-state index contributed by atoms with van der Waals surface area (Å²) in [5.41, 5.74) is 7.32. The first-order valence-corrected chi connectivity index (χ1v) is 3.22. The van der Waals surface area contributed by atoms with E-state index in [0.717, 1.165) is 11.1 Å². The van der Waals surface area contributed by atoms with E-state index in [4.69, 9.17) is 10.8 Å². The summed E-state index contributed by atoms with van der Waals surface area (Å²) in [4.78, 5) is 0. The van der Waals surface area contributed by atoms with Crippen LogP contribution in [0.5, 0.6) is 5.75 Å². The van der Waals surface area contributed by atoms with Gasteiger partial charge < -0.3 is 10.8 Å². The van der Waals surface area contributed by atoms with Gasteiger partial charge in [-0.3, -0.25) is 0 Å². The Balaban J connectivity index is 0.000001000. The van der Waals surface area contributed by atoms with Gasteiger partial charge in [0.25, 0.3) is 0 Å². The molecule has 0 aliphatic rings. The summed E-state index contributed by atoms with van der Waals surface area (Å²) >= 11 is 0. The zero-order valence-electron chi connectivity index (χ0n) is 6.37. The van der Waals surface area contributed by atoms with Crippen LogP contribution in [0.1, 0.15) is 11.1 Å². The standard InChI is InChI=1S/C8H11NO.BrH/c1-6-4-7(5-9)2-3-8(6)10;/h2-4,10H,5,9H2,1H3;1H. The first kappa shape index (κ1) is 10.5. The quantitative estimate of drug-likeness (QED) is 0.754. The number of phenols is 1. The zero-order chi connectivity index (χ0) is 7.56. The number of benzene rings is 1. The van der Waals surface area contributed by atoms with Crippen LogP contribution in [0.25, 0.3) is 0 Å². The van der Waals surface area contributed by atoms with Crippen molar-refractivity contribution in [2.24, 2.45) is 5.73 Å². The van der Waals surface area contributed by atoms with Gasteiger partial charge in [-0.15, -0.1) is 17.0 Å². The van der Waals surface area contributed by atoms with E-state index < -0.39 is 0 Å². The van der Waals surface area contributed by atoms with E-state index in [9.17, 15) is 0 Å². The predicted molar refractivity (Wildman–Crippen MR) is 51.1 cm³/mol. The lowest BCUT2D eigenvalue weighted by molar-refractivity contribution is 0.471. The molecule has 62 valence electrons. The van der Waals surface area contributed by atoms with E-state index in [1.807, 2.05) is 19.1 Å². The molecule has 0 radical (unpaired) electrons. The fourth-order valence-corrected chi connectivity index (χ4v) is 0.845. The first-order chi connectivity index (χ1) is 4.74. The third-order valence-electron chi connectivity index (χ3n) is 1.50. The van der Waals surface area contributed by atoms with Crippen molar-refractivity contribution in [3.05, 3.63) is 29.3 Å². The maximum Gasteiger partial charge on any atom is 0.118 e. The summed E-state index contributed by atoms with van der Waals surface area (Å²) in [6, 6.07) is 5.37. The largest absolute Gasteiger partial charge is 0.508 e. The molecule has 0 saturated heterocycles. The van der Waals surface area contributed by atoms with Gasteiger partial charge >= 0.3 is 0 Å². The summed E-state index contributed by atoms with van der Waals surface area (Å²) in [6.45, 7) is 2.38. The lowest BCUT2D eigenvalue weighted by atomic mass is 10.1. The van der Waals surface area contributed by atoms with E-state index >= 15 is 0 Å². The molecule has 0 saturated carbocycles. The molecule has 1 aromatic rings. The number of phenolic OH excluding ortho intramolecular Hbond substituents is 1. The molecule has 0 spiro atoms. The second kappa shape index (κ2) is 4.36. The minimum Gasteiger partial charge on any atom is -0.508 e. The van der Waals surface area contributed by atoms with Crippen molar-refractivity contribution in [3.63, 3.8) is 0 Å². The topological polar surface area (TPSA) is 46.2 Å². The maximum atomic E-state index is 9.10. The van der Waals surface area contributed by atoms with Gasteiger partial charge in [0.1, 0.15) is 5.75 Å². The normalized spacial score (nSPS) is 8.91. The highest BCUT2D eigenvalue weighted by Crippen LogP contribution is 2.16. The summed E-state index contributed by atoms with van der Waals surface area (Å²) in [6.07, 6.45) is 0. The van der Waals surface area contributed by atoms with Crippen molar-refractivity contribution in [1.82, 2.24) is 0 Å². The lowest BCUT2D eigenvalue weighted by Crippen LogP contribution is -1.95. The minimum absolute atomic E-state index is 0. The molecule has 0 unspecified atom stereocenters. The monoisotopic (exact) mass is 217 g/mol. The highest BCUT2D eigenvalue weighted by molar-refractivity contribution is 8.93. The van der Waals surface area contributed by atoms with Crippen molar-refractivity contribution >= 4 is 17.0 Å². The number of hydrogen-bond donors (Lipinski definition) is 2. The average molecular weight is 218 g/mol. The molecule has 11 heavy (non-hydrogen) atoms. The van der Waals surface area contributed by atoms with Crippen LogP contribution < -0.4 is 5.73 Å². The molecule has 0 bridgehead atoms. The molecule has 2 nitrogen and oxygen atoms in total. The molecule has 1 rings (SSSR count). The summed E-state index contributed by atoms with van der Waals surface area (Å²) < 4.78 is 0. The third kappa shape index (κ3) is 2.52. The molecule has 0 fully saturated rings. The molecular formula is C8H12BrNO. The molecular weight excluding hydrogens is 206 g/mol. The Labute approximate surface area is 76.8 Å². The molecule has 3 N–H and O–H groups in total. The van der Waals surface area contributed by atoms with Crippen molar-refractivity contribution in [3.8, 4) is 5.75 Å². The van der Waals surface area contributed by atoms with Crippen molar-refractivity contribution in [2.45, 2.75) is 13.5 Å². The molecule has 1 aromatic carbocycles. The number of halogens is 1. The van der Waals surface area contributed by atoms with Crippen LogP contribution in [-0.4, -0.2) is 5.11 Å². The minimum atomic E-state index is 0. The Hall–Kier alpha value is -0.540. The fourth-order valence-electron chi connectivity index (χ4n) is 0.845. The van der Waals surface area contributed by atoms with E-state index in [1.165, 1.54) is 0 Å². The van der Waals surface area contributed by atoms with E-state index in [2.05, 4.69) is 0 Å². The van der Waals surface area contributed by atoms with Crippen LogP contribution in [0.4, 0.5) is 0 Å². The van der Waals surface area contributed by atoms with Crippen LogP contribution in [-0.2, 0) is 6.54 Å². The Morgan fingerprint density at radius 2 is 2.09 bits per heavy atom. The number of aryl methyl sites for hydroxylation is 1. The Morgan fingerprint density at radius 3 is 2.55 bits per heavy atom. The SMILES string of the molecule is Br.Cc1cc(CN)ccc1O. The van der Waals surface area contributed by atoms with Gasteiger partial charge in [0.2, 0.25) is 0 Å². The van der Waals surface area contributed by atoms with Crippen LogP contribution in [0, 0.1) is 6.92 Å². The van der Waals surface area contributed by atoms with Gasteiger partial charge in [-0.25, -0.2) is 0 Å². The van der Waals surface area contributed by atoms with Gasteiger partial charge in [0, 0.05) is 6.54 Å². The third-order valence-corrected chi connectivity index (χ3v) is 1.50. The number of nitrogens with two attached hydrogens (primary N) is 1. The number of hydrogen-bond acceptors (Lipinski definition) is 2. The Morgan fingerprint density at radius 1 is 1.45 bits per heavy atom. The predicted octanol–water partition coefficient (Wildman–Crippen LogP) is 1.74. The van der Waals surface area contributed by atoms with Crippen molar-refractivity contribution in [1.29, 1.82) is 0 Å². The Kier molecular flexibility index (Phi) is 4.15. The highest BCUT2D eigenvalue weighted by atomic mass is 79.9. The number of rotatable bonds is 1. The first-order valence-electron chi connectivity index (χ1n) is 3.22. The molecule has 0 aliphatic carbocycles. The smallest absolute Gasteiger partial charge is 0.118 e.